The Labute approximate surface area is 341 Å². The lowest BCUT2D eigenvalue weighted by Crippen LogP contribution is -2.15. The Morgan fingerprint density at radius 3 is 2.05 bits per heavy atom. The second kappa shape index (κ2) is 13.0. The Hall–Kier alpha value is -7.56. The molecule has 0 N–H and O–H groups in total. The predicted octanol–water partition coefficient (Wildman–Crippen LogP) is 14.1. The summed E-state index contributed by atoms with van der Waals surface area (Å²) in [6, 6.07) is 59.3. The SMILES string of the molecule is C=Cc1c(C=CC)n2c3c(c4ccccc42)CC(c2ccc(N(c4ccc5oc6ccccc6c5c4)c4ccc5c(c4)c4ccccc4n5-c4ccccc4)cc2)C=c13. The third-order valence-electron chi connectivity index (χ3n) is 12.5. The number of para-hydroxylation sites is 4. The van der Waals surface area contributed by atoms with Crippen molar-refractivity contribution in [2.45, 2.75) is 19.3 Å². The largest absolute Gasteiger partial charge is 0.456 e. The Bertz CT molecular complexity index is 3560. The first kappa shape index (κ1) is 33.6. The molecule has 1 unspecified atom stereocenters. The molecule has 0 amide bonds. The second-order valence-electron chi connectivity index (χ2n) is 15.7. The molecule has 1 aliphatic rings. The number of fused-ring (bicyclic) bond motifs is 9. The first-order valence-corrected chi connectivity index (χ1v) is 20.4. The number of hydrogen-bond acceptors (Lipinski definition) is 2. The van der Waals surface area contributed by atoms with Crippen molar-refractivity contribution in [2.24, 2.45) is 0 Å². The Morgan fingerprint density at radius 2 is 1.25 bits per heavy atom. The molecule has 4 aromatic heterocycles. The number of nitrogens with zero attached hydrogens (tertiary/aromatic N) is 3. The summed E-state index contributed by atoms with van der Waals surface area (Å²) in [5.41, 5.74) is 16.2. The number of hydrogen-bond donors (Lipinski definition) is 0. The van der Waals surface area contributed by atoms with Crippen molar-refractivity contribution in [1.82, 2.24) is 8.97 Å². The monoisotopic (exact) mass is 757 g/mol. The molecule has 7 aromatic carbocycles. The normalized spacial score (nSPS) is 14.1. The maximum absolute atomic E-state index is 6.29. The van der Waals surface area contributed by atoms with Crippen LogP contribution >= 0.6 is 0 Å². The fraction of sp³-hybridized carbons (Fsp3) is 0.0545. The average Bonchev–Trinajstić information content (AvgIpc) is 4.02. The van der Waals surface area contributed by atoms with Gasteiger partial charge in [-0.1, -0.05) is 110 Å². The molecule has 1 aliphatic carbocycles. The summed E-state index contributed by atoms with van der Waals surface area (Å²) in [5, 5.41) is 7.27. The van der Waals surface area contributed by atoms with Crippen LogP contribution in [0.5, 0.6) is 0 Å². The van der Waals surface area contributed by atoms with E-state index >= 15 is 0 Å². The van der Waals surface area contributed by atoms with Gasteiger partial charge in [-0.25, -0.2) is 0 Å². The maximum Gasteiger partial charge on any atom is 0.135 e. The standard InChI is InChI=1S/C55H39N3O/c1-3-14-49-41(4-2)47-31-36(32-48-43-18-9-12-21-51(43)58(49)55(47)48)35-23-25-38(26-24-35)56(40-28-30-54-46(34-40)44-19-10-13-22-53(44)59-54)39-27-29-52-45(33-39)42-17-8-11-20-50(42)57(52)37-15-6-5-7-16-37/h3-31,33-34,36H,2,32H2,1H3. The van der Waals surface area contributed by atoms with E-state index in [1.54, 1.807) is 0 Å². The molecule has 4 heterocycles. The van der Waals surface area contributed by atoms with Gasteiger partial charge in [-0.05, 0) is 109 Å². The smallest absolute Gasteiger partial charge is 0.135 e. The van der Waals surface area contributed by atoms with E-state index in [4.69, 9.17) is 4.42 Å². The fourth-order valence-corrected chi connectivity index (χ4v) is 9.96. The van der Waals surface area contributed by atoms with E-state index in [1.807, 2.05) is 18.2 Å². The summed E-state index contributed by atoms with van der Waals surface area (Å²) in [7, 11) is 0. The van der Waals surface area contributed by atoms with Crippen molar-refractivity contribution in [3.05, 3.63) is 204 Å². The van der Waals surface area contributed by atoms with Gasteiger partial charge < -0.3 is 18.3 Å². The van der Waals surface area contributed by atoms with Gasteiger partial charge in [-0.3, -0.25) is 0 Å². The zero-order chi connectivity index (χ0) is 39.2. The highest BCUT2D eigenvalue weighted by atomic mass is 16.3. The number of benzene rings is 7. The highest BCUT2D eigenvalue weighted by molar-refractivity contribution is 6.11. The van der Waals surface area contributed by atoms with Gasteiger partial charge in [0.05, 0.1) is 27.8 Å². The summed E-state index contributed by atoms with van der Waals surface area (Å²) in [6.07, 6.45) is 9.80. The minimum Gasteiger partial charge on any atom is -0.456 e. The first-order chi connectivity index (χ1) is 29.2. The van der Waals surface area contributed by atoms with E-state index in [0.29, 0.717) is 0 Å². The number of allylic oxidation sites excluding steroid dienone is 1. The molecule has 280 valence electrons. The van der Waals surface area contributed by atoms with E-state index in [-0.39, 0.29) is 5.92 Å². The average molecular weight is 758 g/mol. The van der Waals surface area contributed by atoms with Gasteiger partial charge in [0.15, 0.2) is 0 Å². The highest BCUT2D eigenvalue weighted by Crippen LogP contribution is 2.43. The molecular weight excluding hydrogens is 719 g/mol. The molecule has 0 spiro atoms. The van der Waals surface area contributed by atoms with E-state index in [1.165, 1.54) is 65.8 Å². The lowest BCUT2D eigenvalue weighted by atomic mass is 9.86. The minimum atomic E-state index is 0.216. The van der Waals surface area contributed by atoms with Crippen LogP contribution in [0.15, 0.2) is 181 Å². The third kappa shape index (κ3) is 4.96. The predicted molar refractivity (Wildman–Crippen MR) is 249 cm³/mol. The van der Waals surface area contributed by atoms with E-state index in [0.717, 1.165) is 51.1 Å². The molecule has 0 saturated heterocycles. The van der Waals surface area contributed by atoms with Gasteiger partial charge in [-0.2, -0.15) is 0 Å². The quantitative estimate of drug-likeness (QED) is 0.162. The van der Waals surface area contributed by atoms with Gasteiger partial charge in [0, 0.05) is 66.4 Å². The maximum atomic E-state index is 6.29. The lowest BCUT2D eigenvalue weighted by Gasteiger charge is -2.26. The van der Waals surface area contributed by atoms with Crippen molar-refractivity contribution in [3.63, 3.8) is 0 Å². The van der Waals surface area contributed by atoms with Crippen LogP contribution in [0.1, 0.15) is 35.2 Å². The summed E-state index contributed by atoms with van der Waals surface area (Å²) in [4.78, 5) is 2.39. The van der Waals surface area contributed by atoms with Crippen molar-refractivity contribution in [2.75, 3.05) is 4.90 Å². The van der Waals surface area contributed by atoms with Gasteiger partial charge in [-0.15, -0.1) is 0 Å². The van der Waals surface area contributed by atoms with Crippen LogP contribution in [0.4, 0.5) is 17.1 Å². The van der Waals surface area contributed by atoms with Crippen LogP contribution in [0, 0.1) is 0 Å². The molecule has 0 bridgehead atoms. The number of furan rings is 1. The van der Waals surface area contributed by atoms with Crippen molar-refractivity contribution in [1.29, 1.82) is 0 Å². The van der Waals surface area contributed by atoms with Crippen LogP contribution in [-0.2, 0) is 6.42 Å². The Balaban J connectivity index is 1.02. The lowest BCUT2D eigenvalue weighted by molar-refractivity contribution is 0.669. The molecular formula is C55H39N3O. The molecule has 1 atom stereocenters. The highest BCUT2D eigenvalue weighted by Gasteiger charge is 2.27. The van der Waals surface area contributed by atoms with E-state index in [9.17, 15) is 0 Å². The van der Waals surface area contributed by atoms with Crippen LogP contribution in [0.3, 0.4) is 0 Å². The Morgan fingerprint density at radius 1 is 0.610 bits per heavy atom. The molecule has 4 nitrogen and oxygen atoms in total. The molecule has 12 rings (SSSR count). The molecule has 4 heteroatoms. The van der Waals surface area contributed by atoms with Crippen LogP contribution in [0.25, 0.3) is 84.1 Å². The van der Waals surface area contributed by atoms with Crippen LogP contribution in [-0.4, -0.2) is 8.97 Å². The molecule has 0 fully saturated rings. The van der Waals surface area contributed by atoms with E-state index < -0.39 is 0 Å². The summed E-state index contributed by atoms with van der Waals surface area (Å²) in [5.74, 6) is 0.216. The zero-order valence-electron chi connectivity index (χ0n) is 32.6. The molecule has 0 radical (unpaired) electrons. The molecule has 0 aliphatic heterocycles. The van der Waals surface area contributed by atoms with Crippen molar-refractivity contribution < 1.29 is 4.42 Å². The Kier molecular flexibility index (Phi) is 7.39. The number of anilines is 3. The van der Waals surface area contributed by atoms with Gasteiger partial charge in [0.1, 0.15) is 11.2 Å². The summed E-state index contributed by atoms with van der Waals surface area (Å²) < 4.78 is 11.1. The summed E-state index contributed by atoms with van der Waals surface area (Å²) >= 11 is 0. The first-order valence-electron chi connectivity index (χ1n) is 20.4. The molecule has 0 saturated carbocycles. The zero-order valence-corrected chi connectivity index (χ0v) is 32.6. The van der Waals surface area contributed by atoms with Crippen LogP contribution < -0.4 is 10.1 Å². The van der Waals surface area contributed by atoms with Gasteiger partial charge in [0.2, 0.25) is 0 Å². The molecule has 59 heavy (non-hydrogen) atoms. The third-order valence-corrected chi connectivity index (χ3v) is 12.5. The number of rotatable bonds is 7. The fourth-order valence-electron chi connectivity index (χ4n) is 9.96. The van der Waals surface area contributed by atoms with Crippen LogP contribution in [0.2, 0.25) is 0 Å². The minimum absolute atomic E-state index is 0.216. The second-order valence-corrected chi connectivity index (χ2v) is 15.7. The van der Waals surface area contributed by atoms with Gasteiger partial charge in [0.25, 0.3) is 0 Å². The van der Waals surface area contributed by atoms with Crippen molar-refractivity contribution >= 4 is 95.5 Å². The number of aromatic nitrogens is 2. The molecule has 11 aromatic rings. The van der Waals surface area contributed by atoms with E-state index in [2.05, 4.69) is 197 Å². The van der Waals surface area contributed by atoms with Crippen molar-refractivity contribution in [3.8, 4) is 5.69 Å². The topological polar surface area (TPSA) is 25.7 Å². The summed E-state index contributed by atoms with van der Waals surface area (Å²) in [6.45, 7) is 6.37. The van der Waals surface area contributed by atoms with Gasteiger partial charge >= 0.3 is 0 Å².